The van der Waals surface area contributed by atoms with Crippen LogP contribution in [0.25, 0.3) is 0 Å². The molecular weight excluding hydrogens is 236 g/mol. The van der Waals surface area contributed by atoms with Gasteiger partial charge >= 0.3 is 12.0 Å². The molecule has 3 N–H and O–H groups in total. The first kappa shape index (κ1) is 16.7. The van der Waals surface area contributed by atoms with Crippen LogP contribution in [0.2, 0.25) is 0 Å². The fourth-order valence-electron chi connectivity index (χ4n) is 1.22. The summed E-state index contributed by atoms with van der Waals surface area (Å²) in [4.78, 5) is 22.1. The van der Waals surface area contributed by atoms with Gasteiger partial charge in [0.2, 0.25) is 0 Å². The molecule has 6 nitrogen and oxygen atoms in total. The topological polar surface area (TPSA) is 87.7 Å². The monoisotopic (exact) mass is 260 g/mol. The molecule has 0 aliphatic heterocycles. The van der Waals surface area contributed by atoms with Crippen LogP contribution in [0.3, 0.4) is 0 Å². The van der Waals surface area contributed by atoms with E-state index in [0.29, 0.717) is 13.2 Å². The summed E-state index contributed by atoms with van der Waals surface area (Å²) in [6.07, 6.45) is 1.73. The van der Waals surface area contributed by atoms with Gasteiger partial charge in [0.25, 0.3) is 0 Å². The molecule has 2 amide bonds. The number of carboxylic acids is 1. The van der Waals surface area contributed by atoms with Gasteiger partial charge in [-0.15, -0.1) is 0 Å². The summed E-state index contributed by atoms with van der Waals surface area (Å²) in [6.45, 7) is 7.14. The minimum absolute atomic E-state index is 0.342. The van der Waals surface area contributed by atoms with E-state index >= 15 is 0 Å². The number of aliphatic carboxylic acids is 1. The number of amides is 2. The van der Waals surface area contributed by atoms with E-state index in [-0.39, 0.29) is 6.03 Å². The molecule has 0 aromatic heterocycles. The highest BCUT2D eigenvalue weighted by Gasteiger charge is 2.20. The van der Waals surface area contributed by atoms with Gasteiger partial charge in [0.05, 0.1) is 5.92 Å². The van der Waals surface area contributed by atoms with Gasteiger partial charge in [-0.25, -0.2) is 4.79 Å². The minimum Gasteiger partial charge on any atom is -0.481 e. The summed E-state index contributed by atoms with van der Waals surface area (Å²) in [5, 5.41) is 14.0. The number of ether oxygens (including phenoxy) is 1. The minimum atomic E-state index is -0.921. The molecule has 0 rings (SSSR count). The van der Waals surface area contributed by atoms with Gasteiger partial charge in [-0.2, -0.15) is 0 Å². The first-order valence-electron chi connectivity index (χ1n) is 6.34. The number of rotatable bonds is 9. The fraction of sp³-hybridized carbons (Fsp3) is 0.833. The zero-order valence-corrected chi connectivity index (χ0v) is 11.4. The molecule has 2 unspecified atom stereocenters. The van der Waals surface area contributed by atoms with Gasteiger partial charge in [0.1, 0.15) is 0 Å². The highest BCUT2D eigenvalue weighted by molar-refractivity contribution is 5.76. The van der Waals surface area contributed by atoms with Crippen LogP contribution >= 0.6 is 0 Å². The Kier molecular flexibility index (Phi) is 9.00. The standard InChI is InChI=1S/C12H24N2O4/c1-4-7-18-8-5-6-13-12(17)14-10(3)9(2)11(15)16/h9-10H,4-8H2,1-3H3,(H,15,16)(H2,13,14,17). The third kappa shape index (κ3) is 7.89. The number of hydrogen-bond acceptors (Lipinski definition) is 3. The van der Waals surface area contributed by atoms with Crippen molar-refractivity contribution in [2.45, 2.75) is 39.7 Å². The van der Waals surface area contributed by atoms with Crippen LogP contribution in [-0.4, -0.2) is 42.9 Å². The second-order valence-electron chi connectivity index (χ2n) is 4.28. The van der Waals surface area contributed by atoms with Crippen LogP contribution in [0.5, 0.6) is 0 Å². The highest BCUT2D eigenvalue weighted by Crippen LogP contribution is 2.01. The van der Waals surface area contributed by atoms with Crippen LogP contribution in [-0.2, 0) is 9.53 Å². The van der Waals surface area contributed by atoms with Crippen LogP contribution in [0.1, 0.15) is 33.6 Å². The van der Waals surface area contributed by atoms with Crippen LogP contribution in [0, 0.1) is 5.92 Å². The lowest BCUT2D eigenvalue weighted by atomic mass is 10.0. The Morgan fingerprint density at radius 3 is 2.50 bits per heavy atom. The lowest BCUT2D eigenvalue weighted by molar-refractivity contribution is -0.141. The zero-order chi connectivity index (χ0) is 14.0. The lowest BCUT2D eigenvalue weighted by Crippen LogP contribution is -2.45. The maximum Gasteiger partial charge on any atom is 0.315 e. The Morgan fingerprint density at radius 2 is 1.94 bits per heavy atom. The summed E-state index contributed by atoms with van der Waals surface area (Å²) < 4.78 is 5.27. The lowest BCUT2D eigenvalue weighted by Gasteiger charge is -2.18. The van der Waals surface area contributed by atoms with Crippen molar-refractivity contribution in [1.29, 1.82) is 0 Å². The molecule has 0 aromatic carbocycles. The largest absolute Gasteiger partial charge is 0.481 e. The van der Waals surface area contributed by atoms with Crippen LogP contribution in [0.4, 0.5) is 4.79 Å². The van der Waals surface area contributed by atoms with Crippen molar-refractivity contribution < 1.29 is 19.4 Å². The first-order valence-corrected chi connectivity index (χ1v) is 6.34. The van der Waals surface area contributed by atoms with Crippen LogP contribution in [0.15, 0.2) is 0 Å². The number of urea groups is 1. The van der Waals surface area contributed by atoms with Gasteiger partial charge in [-0.3, -0.25) is 4.79 Å². The van der Waals surface area contributed by atoms with Crippen molar-refractivity contribution >= 4 is 12.0 Å². The van der Waals surface area contributed by atoms with E-state index in [1.54, 1.807) is 13.8 Å². The molecule has 0 aliphatic carbocycles. The summed E-state index contributed by atoms with van der Waals surface area (Å²) in [5.74, 6) is -1.53. The summed E-state index contributed by atoms with van der Waals surface area (Å²) in [5.41, 5.74) is 0. The summed E-state index contributed by atoms with van der Waals surface area (Å²) in [6, 6.07) is -0.745. The molecule has 0 aromatic rings. The Balaban J connectivity index is 3.62. The summed E-state index contributed by atoms with van der Waals surface area (Å²) >= 11 is 0. The van der Waals surface area contributed by atoms with Crippen molar-refractivity contribution in [2.75, 3.05) is 19.8 Å². The first-order chi connectivity index (χ1) is 8.49. The van der Waals surface area contributed by atoms with Crippen molar-refractivity contribution in [1.82, 2.24) is 10.6 Å². The van der Waals surface area contributed by atoms with Gasteiger partial charge < -0.3 is 20.5 Å². The molecule has 2 atom stereocenters. The maximum absolute atomic E-state index is 11.4. The molecule has 0 bridgehead atoms. The van der Waals surface area contributed by atoms with Gasteiger partial charge in [0.15, 0.2) is 0 Å². The quantitative estimate of drug-likeness (QED) is 0.544. The number of carbonyl (C=O) groups is 2. The summed E-state index contributed by atoms with van der Waals surface area (Å²) in [7, 11) is 0. The normalized spacial score (nSPS) is 13.7. The van der Waals surface area contributed by atoms with E-state index in [0.717, 1.165) is 19.4 Å². The van der Waals surface area contributed by atoms with Crippen LogP contribution < -0.4 is 10.6 Å². The molecule has 6 heteroatoms. The molecule has 18 heavy (non-hydrogen) atoms. The Labute approximate surface area is 108 Å². The third-order valence-electron chi connectivity index (χ3n) is 2.60. The molecule has 0 fully saturated rings. The van der Waals surface area contributed by atoms with Crippen molar-refractivity contribution in [3.63, 3.8) is 0 Å². The Morgan fingerprint density at radius 1 is 1.28 bits per heavy atom. The molecule has 106 valence electrons. The zero-order valence-electron chi connectivity index (χ0n) is 11.4. The Bertz CT molecular complexity index is 258. The average molecular weight is 260 g/mol. The van der Waals surface area contributed by atoms with E-state index in [1.807, 2.05) is 6.92 Å². The maximum atomic E-state index is 11.4. The molecule has 0 aliphatic rings. The average Bonchev–Trinajstić information content (AvgIpc) is 2.32. The van der Waals surface area contributed by atoms with E-state index in [2.05, 4.69) is 10.6 Å². The number of hydrogen-bond donors (Lipinski definition) is 3. The van der Waals surface area contributed by atoms with Gasteiger partial charge in [-0.05, 0) is 26.7 Å². The molecule has 0 saturated heterocycles. The van der Waals surface area contributed by atoms with Gasteiger partial charge in [-0.1, -0.05) is 6.92 Å². The molecule has 0 spiro atoms. The number of carbonyl (C=O) groups excluding carboxylic acids is 1. The predicted octanol–water partition coefficient (Wildman–Crippen LogP) is 1.21. The smallest absolute Gasteiger partial charge is 0.315 e. The SMILES string of the molecule is CCCOCCCNC(=O)NC(C)C(C)C(=O)O. The van der Waals surface area contributed by atoms with Crippen molar-refractivity contribution in [3.05, 3.63) is 0 Å². The highest BCUT2D eigenvalue weighted by atomic mass is 16.5. The third-order valence-corrected chi connectivity index (χ3v) is 2.60. The van der Waals surface area contributed by atoms with E-state index in [9.17, 15) is 9.59 Å². The molecule has 0 saturated carbocycles. The van der Waals surface area contributed by atoms with Crippen molar-refractivity contribution in [3.8, 4) is 0 Å². The Hall–Kier alpha value is -1.30. The van der Waals surface area contributed by atoms with Crippen molar-refractivity contribution in [2.24, 2.45) is 5.92 Å². The van der Waals surface area contributed by atoms with E-state index in [4.69, 9.17) is 9.84 Å². The number of carboxylic acid groups (broad SMARTS) is 1. The fourth-order valence-corrected chi connectivity index (χ4v) is 1.22. The number of nitrogens with one attached hydrogen (secondary N) is 2. The van der Waals surface area contributed by atoms with E-state index in [1.165, 1.54) is 0 Å². The molecule has 0 radical (unpaired) electrons. The predicted molar refractivity (Wildman–Crippen MR) is 68.5 cm³/mol. The van der Waals surface area contributed by atoms with Gasteiger partial charge in [0, 0.05) is 25.8 Å². The molecular formula is C12H24N2O4. The van der Waals surface area contributed by atoms with E-state index < -0.39 is 17.9 Å². The second-order valence-corrected chi connectivity index (χ2v) is 4.28. The second kappa shape index (κ2) is 9.70. The molecule has 0 heterocycles.